The van der Waals surface area contributed by atoms with Crippen LogP contribution in [0, 0.1) is 5.92 Å². The topological polar surface area (TPSA) is 61.4 Å². The molecule has 0 aromatic carbocycles. The van der Waals surface area contributed by atoms with E-state index >= 15 is 0 Å². The second-order valence-corrected chi connectivity index (χ2v) is 8.65. The molecule has 5 nitrogen and oxygen atoms in total. The SMILES string of the molecule is O=S(=O)(NCC1CCCC1)N1CCCCC1CNC1CC1. The van der Waals surface area contributed by atoms with Gasteiger partial charge in [-0.15, -0.1) is 0 Å². The summed E-state index contributed by atoms with van der Waals surface area (Å²) in [6.45, 7) is 2.12. The van der Waals surface area contributed by atoms with Crippen LogP contribution in [0.4, 0.5) is 0 Å². The predicted octanol–water partition coefficient (Wildman–Crippen LogP) is 1.62. The molecule has 0 aromatic rings. The highest BCUT2D eigenvalue weighted by atomic mass is 32.2. The molecule has 2 aliphatic carbocycles. The lowest BCUT2D eigenvalue weighted by Crippen LogP contribution is -2.53. The van der Waals surface area contributed by atoms with Crippen molar-refractivity contribution in [2.45, 2.75) is 69.9 Å². The lowest BCUT2D eigenvalue weighted by atomic mass is 10.1. The highest BCUT2D eigenvalue weighted by Gasteiger charge is 2.33. The molecule has 2 saturated carbocycles. The minimum absolute atomic E-state index is 0.139. The summed E-state index contributed by atoms with van der Waals surface area (Å²) in [7, 11) is -3.30. The van der Waals surface area contributed by atoms with E-state index in [4.69, 9.17) is 0 Å². The number of hydrogen-bond acceptors (Lipinski definition) is 3. The molecule has 1 unspecified atom stereocenters. The number of piperidine rings is 1. The van der Waals surface area contributed by atoms with Gasteiger partial charge in [0.05, 0.1) is 0 Å². The molecule has 3 rings (SSSR count). The molecule has 3 aliphatic rings. The molecule has 0 spiro atoms. The van der Waals surface area contributed by atoms with Crippen LogP contribution in [0.3, 0.4) is 0 Å². The van der Waals surface area contributed by atoms with Crippen LogP contribution in [0.25, 0.3) is 0 Å². The van der Waals surface area contributed by atoms with E-state index in [0.29, 0.717) is 25.0 Å². The summed E-state index contributed by atoms with van der Waals surface area (Å²) in [5, 5.41) is 3.49. The zero-order valence-corrected chi connectivity index (χ0v) is 13.7. The van der Waals surface area contributed by atoms with Gasteiger partial charge in [0.25, 0.3) is 10.2 Å². The van der Waals surface area contributed by atoms with E-state index in [1.165, 1.54) is 38.5 Å². The fourth-order valence-corrected chi connectivity index (χ4v) is 5.16. The van der Waals surface area contributed by atoms with E-state index in [0.717, 1.165) is 25.8 Å². The molecule has 1 heterocycles. The molecule has 0 radical (unpaired) electrons. The molecule has 3 fully saturated rings. The number of nitrogens with one attached hydrogen (secondary N) is 2. The van der Waals surface area contributed by atoms with Crippen LogP contribution in [-0.4, -0.2) is 44.4 Å². The van der Waals surface area contributed by atoms with Gasteiger partial charge in [0.15, 0.2) is 0 Å². The Morgan fingerprint density at radius 3 is 2.33 bits per heavy atom. The van der Waals surface area contributed by atoms with Gasteiger partial charge in [-0.3, -0.25) is 0 Å². The standard InChI is InChI=1S/C15H29N3O2S/c19-21(20,17-11-13-5-1-2-6-13)18-10-4-3-7-15(18)12-16-14-8-9-14/h13-17H,1-12H2. The molecule has 1 aliphatic heterocycles. The summed E-state index contributed by atoms with van der Waals surface area (Å²) >= 11 is 0. The maximum Gasteiger partial charge on any atom is 0.279 e. The van der Waals surface area contributed by atoms with Gasteiger partial charge in [-0.05, 0) is 44.4 Å². The monoisotopic (exact) mass is 315 g/mol. The van der Waals surface area contributed by atoms with E-state index in [1.54, 1.807) is 4.31 Å². The first-order valence-corrected chi connectivity index (χ1v) is 10.1. The molecule has 122 valence electrons. The van der Waals surface area contributed by atoms with Crippen molar-refractivity contribution in [2.24, 2.45) is 5.92 Å². The zero-order chi connectivity index (χ0) is 14.7. The Morgan fingerprint density at radius 1 is 0.905 bits per heavy atom. The van der Waals surface area contributed by atoms with E-state index in [-0.39, 0.29) is 6.04 Å². The van der Waals surface area contributed by atoms with Crippen molar-refractivity contribution in [3.05, 3.63) is 0 Å². The van der Waals surface area contributed by atoms with Crippen molar-refractivity contribution in [2.75, 3.05) is 19.6 Å². The Labute approximate surface area is 129 Å². The van der Waals surface area contributed by atoms with Gasteiger partial charge in [-0.25, -0.2) is 4.72 Å². The lowest BCUT2D eigenvalue weighted by Gasteiger charge is -2.35. The van der Waals surface area contributed by atoms with Gasteiger partial charge >= 0.3 is 0 Å². The quantitative estimate of drug-likeness (QED) is 0.750. The van der Waals surface area contributed by atoms with Gasteiger partial charge in [-0.1, -0.05) is 19.3 Å². The Hall–Kier alpha value is -0.170. The zero-order valence-electron chi connectivity index (χ0n) is 12.9. The second kappa shape index (κ2) is 6.94. The van der Waals surface area contributed by atoms with Crippen molar-refractivity contribution in [3.63, 3.8) is 0 Å². The third kappa shape index (κ3) is 4.41. The summed E-state index contributed by atoms with van der Waals surface area (Å²) in [5.74, 6) is 0.549. The van der Waals surface area contributed by atoms with Gasteiger partial charge in [0, 0.05) is 31.7 Å². The third-order valence-electron chi connectivity index (χ3n) is 5.13. The Morgan fingerprint density at radius 2 is 1.62 bits per heavy atom. The van der Waals surface area contributed by atoms with Crippen molar-refractivity contribution in [3.8, 4) is 0 Å². The van der Waals surface area contributed by atoms with Crippen LogP contribution < -0.4 is 10.0 Å². The summed E-state index contributed by atoms with van der Waals surface area (Å²) in [4.78, 5) is 0. The first kappa shape index (κ1) is 15.7. The summed E-state index contributed by atoms with van der Waals surface area (Å²) in [5.41, 5.74) is 0. The third-order valence-corrected chi connectivity index (χ3v) is 6.76. The van der Waals surface area contributed by atoms with Crippen LogP contribution in [0.15, 0.2) is 0 Å². The summed E-state index contributed by atoms with van der Waals surface area (Å²) in [6.07, 6.45) is 10.5. The van der Waals surface area contributed by atoms with Crippen LogP contribution in [-0.2, 0) is 10.2 Å². The van der Waals surface area contributed by atoms with Gasteiger partial charge in [0.2, 0.25) is 0 Å². The van der Waals surface area contributed by atoms with Crippen molar-refractivity contribution < 1.29 is 8.42 Å². The van der Waals surface area contributed by atoms with Crippen molar-refractivity contribution >= 4 is 10.2 Å². The molecule has 21 heavy (non-hydrogen) atoms. The average molecular weight is 315 g/mol. The predicted molar refractivity (Wildman–Crippen MR) is 84.3 cm³/mol. The second-order valence-electron chi connectivity index (χ2n) is 6.95. The molecular formula is C15H29N3O2S. The smallest absolute Gasteiger partial charge is 0.279 e. The number of rotatable bonds is 7. The van der Waals surface area contributed by atoms with Gasteiger partial charge in [-0.2, -0.15) is 12.7 Å². The summed E-state index contributed by atoms with van der Waals surface area (Å²) < 4.78 is 29.8. The maximum atomic E-state index is 12.6. The average Bonchev–Trinajstić information content (AvgIpc) is 3.17. The minimum atomic E-state index is -3.30. The Kier molecular flexibility index (Phi) is 5.19. The van der Waals surface area contributed by atoms with Crippen LogP contribution >= 0.6 is 0 Å². The van der Waals surface area contributed by atoms with E-state index in [1.807, 2.05) is 0 Å². The molecule has 6 heteroatoms. The first-order chi connectivity index (χ1) is 10.1. The van der Waals surface area contributed by atoms with Crippen molar-refractivity contribution in [1.29, 1.82) is 0 Å². The molecule has 1 saturated heterocycles. The van der Waals surface area contributed by atoms with E-state index in [2.05, 4.69) is 10.0 Å². The van der Waals surface area contributed by atoms with E-state index < -0.39 is 10.2 Å². The molecule has 1 atom stereocenters. The highest BCUT2D eigenvalue weighted by molar-refractivity contribution is 7.87. The van der Waals surface area contributed by atoms with E-state index in [9.17, 15) is 8.42 Å². The Balaban J connectivity index is 1.54. The van der Waals surface area contributed by atoms with Crippen LogP contribution in [0.5, 0.6) is 0 Å². The summed E-state index contributed by atoms with van der Waals surface area (Å²) in [6, 6.07) is 0.781. The van der Waals surface area contributed by atoms with Crippen LogP contribution in [0.2, 0.25) is 0 Å². The fourth-order valence-electron chi connectivity index (χ4n) is 3.61. The normalized spacial score (nSPS) is 29.0. The molecule has 0 bridgehead atoms. The molecule has 0 amide bonds. The van der Waals surface area contributed by atoms with Gasteiger partial charge < -0.3 is 5.32 Å². The van der Waals surface area contributed by atoms with Crippen molar-refractivity contribution in [1.82, 2.24) is 14.3 Å². The molecule has 0 aromatic heterocycles. The van der Waals surface area contributed by atoms with Gasteiger partial charge in [0.1, 0.15) is 0 Å². The molecule has 2 N–H and O–H groups in total. The maximum absolute atomic E-state index is 12.6. The lowest BCUT2D eigenvalue weighted by molar-refractivity contribution is 0.241. The minimum Gasteiger partial charge on any atom is -0.312 e. The highest BCUT2D eigenvalue weighted by Crippen LogP contribution is 2.25. The first-order valence-electron chi connectivity index (χ1n) is 8.65. The largest absolute Gasteiger partial charge is 0.312 e. The Bertz CT molecular complexity index is 430. The molecular weight excluding hydrogens is 286 g/mol. The van der Waals surface area contributed by atoms with Crippen LogP contribution in [0.1, 0.15) is 57.8 Å². The number of hydrogen-bond donors (Lipinski definition) is 2. The fraction of sp³-hybridized carbons (Fsp3) is 1.00. The number of nitrogens with zero attached hydrogens (tertiary/aromatic N) is 1.